The average Bonchev–Trinajstić information content (AvgIpc) is 2.97. The Labute approximate surface area is 135 Å². The van der Waals surface area contributed by atoms with Gasteiger partial charge in [0.15, 0.2) is 5.75 Å². The number of esters is 1. The van der Waals surface area contributed by atoms with Crippen LogP contribution in [0.1, 0.15) is 16.8 Å². The summed E-state index contributed by atoms with van der Waals surface area (Å²) in [6.45, 7) is 0.176. The first kappa shape index (κ1) is 15.8. The van der Waals surface area contributed by atoms with Crippen LogP contribution in [0.25, 0.3) is 0 Å². The molecule has 0 aliphatic rings. The van der Waals surface area contributed by atoms with E-state index in [0.717, 1.165) is 0 Å². The van der Waals surface area contributed by atoms with Gasteiger partial charge in [-0.2, -0.15) is 11.3 Å². The van der Waals surface area contributed by atoms with Crippen molar-refractivity contribution in [1.29, 1.82) is 0 Å². The van der Waals surface area contributed by atoms with Gasteiger partial charge in [0.1, 0.15) is 0 Å². The average molecular weight is 344 g/mol. The zero-order valence-corrected chi connectivity index (χ0v) is 13.1. The van der Waals surface area contributed by atoms with Gasteiger partial charge in [-0.15, -0.1) is 0 Å². The molecule has 0 saturated heterocycles. The Hall–Kier alpha value is -1.56. The topological polar surface area (TPSA) is 55.4 Å². The van der Waals surface area contributed by atoms with Crippen molar-refractivity contribution in [3.8, 4) is 5.75 Å². The Morgan fingerprint density at radius 2 is 1.90 bits per heavy atom. The number of amides is 1. The van der Waals surface area contributed by atoms with Crippen molar-refractivity contribution in [3.05, 3.63) is 50.6 Å². The van der Waals surface area contributed by atoms with E-state index in [4.69, 9.17) is 27.9 Å². The molecule has 1 aromatic carbocycles. The molecule has 0 spiro atoms. The molecule has 2 aromatic rings. The fraction of sp³-hybridized carbons (Fsp3) is 0.143. The summed E-state index contributed by atoms with van der Waals surface area (Å²) in [7, 11) is 0. The number of carbonyl (C=O) groups is 2. The molecular formula is C14H11Cl2NO3S. The fourth-order valence-corrected chi connectivity index (χ4v) is 2.63. The summed E-state index contributed by atoms with van der Waals surface area (Å²) >= 11 is 13.2. The number of para-hydroxylation sites is 1. The highest BCUT2D eigenvalue weighted by atomic mass is 35.5. The van der Waals surface area contributed by atoms with Gasteiger partial charge in [0, 0.05) is 17.5 Å². The van der Waals surface area contributed by atoms with Crippen LogP contribution in [0.3, 0.4) is 0 Å². The summed E-state index contributed by atoms with van der Waals surface area (Å²) in [6, 6.07) is 6.52. The standard InChI is InChI=1S/C14H11Cl2NO3S/c15-10-2-1-3-11(16)13(10)20-12(18)4-6-17-14(19)9-5-7-21-8-9/h1-3,5,7-8H,4,6H2,(H,17,19). The van der Waals surface area contributed by atoms with Crippen molar-refractivity contribution in [3.63, 3.8) is 0 Å². The van der Waals surface area contributed by atoms with Gasteiger partial charge in [0.25, 0.3) is 5.91 Å². The molecule has 110 valence electrons. The minimum absolute atomic E-state index is 0.0252. The summed E-state index contributed by atoms with van der Waals surface area (Å²) < 4.78 is 5.10. The summed E-state index contributed by atoms with van der Waals surface area (Å²) in [5.74, 6) is -0.606. The van der Waals surface area contributed by atoms with Gasteiger partial charge in [-0.3, -0.25) is 9.59 Å². The lowest BCUT2D eigenvalue weighted by Crippen LogP contribution is -2.26. The van der Waals surface area contributed by atoms with Crippen LogP contribution in [0, 0.1) is 0 Å². The molecule has 21 heavy (non-hydrogen) atoms. The minimum atomic E-state index is -0.518. The van der Waals surface area contributed by atoms with E-state index in [1.54, 1.807) is 29.6 Å². The molecule has 0 aliphatic carbocycles. The Morgan fingerprint density at radius 1 is 1.19 bits per heavy atom. The Balaban J connectivity index is 1.82. The van der Waals surface area contributed by atoms with Gasteiger partial charge >= 0.3 is 5.97 Å². The van der Waals surface area contributed by atoms with Crippen LogP contribution in [0.5, 0.6) is 5.75 Å². The summed E-state index contributed by atoms with van der Waals surface area (Å²) in [5.41, 5.74) is 0.572. The van der Waals surface area contributed by atoms with Crippen LogP contribution in [-0.2, 0) is 4.79 Å². The predicted molar refractivity (Wildman–Crippen MR) is 83.4 cm³/mol. The van der Waals surface area contributed by atoms with Crippen molar-refractivity contribution in [1.82, 2.24) is 5.32 Å². The van der Waals surface area contributed by atoms with Crippen LogP contribution in [0.15, 0.2) is 35.0 Å². The first-order chi connectivity index (χ1) is 10.1. The Kier molecular flexibility index (Phi) is 5.61. The molecule has 1 heterocycles. The van der Waals surface area contributed by atoms with E-state index in [0.29, 0.717) is 5.56 Å². The van der Waals surface area contributed by atoms with Gasteiger partial charge in [-0.25, -0.2) is 0 Å². The molecule has 0 unspecified atom stereocenters. The van der Waals surface area contributed by atoms with Gasteiger partial charge < -0.3 is 10.1 Å². The van der Waals surface area contributed by atoms with E-state index < -0.39 is 5.97 Å². The monoisotopic (exact) mass is 343 g/mol. The first-order valence-electron chi connectivity index (χ1n) is 6.03. The Morgan fingerprint density at radius 3 is 2.52 bits per heavy atom. The molecule has 7 heteroatoms. The maximum absolute atomic E-state index is 11.7. The zero-order chi connectivity index (χ0) is 15.2. The van der Waals surface area contributed by atoms with Crippen LogP contribution in [-0.4, -0.2) is 18.4 Å². The summed E-state index contributed by atoms with van der Waals surface area (Å²) in [4.78, 5) is 23.4. The molecule has 0 fully saturated rings. The fourth-order valence-electron chi connectivity index (χ4n) is 1.52. The summed E-state index contributed by atoms with van der Waals surface area (Å²) in [6.07, 6.45) is 0.0252. The van der Waals surface area contributed by atoms with Crippen LogP contribution in [0.4, 0.5) is 0 Å². The number of hydrogen-bond donors (Lipinski definition) is 1. The lowest BCUT2D eigenvalue weighted by atomic mass is 10.3. The highest BCUT2D eigenvalue weighted by Gasteiger charge is 2.12. The molecule has 0 radical (unpaired) electrons. The second kappa shape index (κ2) is 7.45. The molecule has 4 nitrogen and oxygen atoms in total. The second-order valence-corrected chi connectivity index (χ2v) is 5.64. The summed E-state index contributed by atoms with van der Waals surface area (Å²) in [5, 5.41) is 6.70. The van der Waals surface area contributed by atoms with Crippen molar-refractivity contribution < 1.29 is 14.3 Å². The van der Waals surface area contributed by atoms with Gasteiger partial charge in [0.2, 0.25) is 0 Å². The number of rotatable bonds is 5. The number of hydrogen-bond acceptors (Lipinski definition) is 4. The lowest BCUT2D eigenvalue weighted by molar-refractivity contribution is -0.134. The predicted octanol–water partition coefficient (Wildman–Crippen LogP) is 3.78. The highest BCUT2D eigenvalue weighted by molar-refractivity contribution is 7.08. The van der Waals surface area contributed by atoms with Crippen molar-refractivity contribution in [2.75, 3.05) is 6.54 Å². The van der Waals surface area contributed by atoms with E-state index in [-0.39, 0.29) is 34.7 Å². The van der Waals surface area contributed by atoms with Crippen LogP contribution >= 0.6 is 34.5 Å². The number of thiophene rings is 1. The molecule has 1 amide bonds. The molecular weight excluding hydrogens is 333 g/mol. The quantitative estimate of drug-likeness (QED) is 0.663. The number of carbonyl (C=O) groups excluding carboxylic acids is 2. The van der Waals surface area contributed by atoms with Gasteiger partial charge in [0.05, 0.1) is 16.5 Å². The zero-order valence-electron chi connectivity index (χ0n) is 10.8. The third-order valence-electron chi connectivity index (χ3n) is 2.53. The third-order valence-corrected chi connectivity index (χ3v) is 3.81. The van der Waals surface area contributed by atoms with Crippen LogP contribution < -0.4 is 10.1 Å². The molecule has 1 aromatic heterocycles. The normalized spacial score (nSPS) is 10.2. The maximum atomic E-state index is 11.7. The van der Waals surface area contributed by atoms with Gasteiger partial charge in [-0.05, 0) is 23.6 Å². The third kappa shape index (κ3) is 4.46. The maximum Gasteiger partial charge on any atom is 0.313 e. The van der Waals surface area contributed by atoms with E-state index in [9.17, 15) is 9.59 Å². The van der Waals surface area contributed by atoms with Crippen LogP contribution in [0.2, 0.25) is 10.0 Å². The number of ether oxygens (including phenoxy) is 1. The SMILES string of the molecule is O=C(CCNC(=O)c1ccsc1)Oc1c(Cl)cccc1Cl. The van der Waals surface area contributed by atoms with Crippen molar-refractivity contribution in [2.45, 2.75) is 6.42 Å². The van der Waals surface area contributed by atoms with E-state index in [2.05, 4.69) is 5.32 Å². The van der Waals surface area contributed by atoms with Crippen molar-refractivity contribution in [2.24, 2.45) is 0 Å². The molecule has 0 saturated carbocycles. The highest BCUT2D eigenvalue weighted by Crippen LogP contribution is 2.32. The molecule has 1 N–H and O–H groups in total. The smallest absolute Gasteiger partial charge is 0.313 e. The van der Waals surface area contributed by atoms with E-state index >= 15 is 0 Å². The molecule has 0 bridgehead atoms. The second-order valence-electron chi connectivity index (χ2n) is 4.04. The van der Waals surface area contributed by atoms with Crippen molar-refractivity contribution >= 4 is 46.4 Å². The number of nitrogens with one attached hydrogen (secondary N) is 1. The largest absolute Gasteiger partial charge is 0.423 e. The number of halogens is 2. The first-order valence-corrected chi connectivity index (χ1v) is 7.73. The van der Waals surface area contributed by atoms with Gasteiger partial charge in [-0.1, -0.05) is 29.3 Å². The van der Waals surface area contributed by atoms with E-state index in [1.165, 1.54) is 11.3 Å². The molecule has 0 aliphatic heterocycles. The van der Waals surface area contributed by atoms with E-state index in [1.807, 2.05) is 5.38 Å². The minimum Gasteiger partial charge on any atom is -0.423 e. The number of benzene rings is 1. The Bertz CT molecular complexity index is 623. The molecule has 2 rings (SSSR count). The molecule has 0 atom stereocenters. The lowest BCUT2D eigenvalue weighted by Gasteiger charge is -2.08.